The summed E-state index contributed by atoms with van der Waals surface area (Å²) >= 11 is 0.964. The summed E-state index contributed by atoms with van der Waals surface area (Å²) in [5.74, 6) is -0.404. The molecule has 1 saturated heterocycles. The number of nitrogens with zero attached hydrogens (tertiary/aromatic N) is 2. The third-order valence-electron chi connectivity index (χ3n) is 5.33. The van der Waals surface area contributed by atoms with Gasteiger partial charge in [-0.3, -0.25) is 19.3 Å². The van der Waals surface area contributed by atoms with E-state index < -0.39 is 0 Å². The number of imide groups is 1. The number of carbonyl (C=O) groups is 3. The molecule has 0 radical (unpaired) electrons. The van der Waals surface area contributed by atoms with E-state index in [0.717, 1.165) is 33.9 Å². The topological polar surface area (TPSA) is 71.4 Å². The van der Waals surface area contributed by atoms with Crippen LogP contribution in [0.4, 0.5) is 10.5 Å². The first-order chi connectivity index (χ1) is 15.0. The average molecular weight is 434 g/mol. The van der Waals surface area contributed by atoms with Gasteiger partial charge in [-0.15, -0.1) is 0 Å². The molecule has 0 spiro atoms. The minimum absolute atomic E-state index is 0.137. The number of para-hydroxylation sites is 2. The Morgan fingerprint density at radius 1 is 1.10 bits per heavy atom. The van der Waals surface area contributed by atoms with E-state index in [-0.39, 0.29) is 29.6 Å². The molecule has 0 aliphatic carbocycles. The van der Waals surface area contributed by atoms with Crippen LogP contribution in [0.2, 0.25) is 0 Å². The minimum atomic E-state index is -0.261. The normalized spacial score (nSPS) is 16.3. The SMILES string of the molecule is CC[C@@H](C)N1C(=O)S/C(=C\c2cn(CC(=O)Nc3ccccc3)c3ccccc23)C1=O. The predicted molar refractivity (Wildman–Crippen MR) is 125 cm³/mol. The molecule has 1 atom stereocenters. The summed E-state index contributed by atoms with van der Waals surface area (Å²) in [6, 6.07) is 16.9. The molecule has 158 valence electrons. The third-order valence-corrected chi connectivity index (χ3v) is 6.22. The molecular weight excluding hydrogens is 410 g/mol. The molecule has 2 heterocycles. The Balaban J connectivity index is 1.63. The van der Waals surface area contributed by atoms with Crippen molar-refractivity contribution in [1.29, 1.82) is 0 Å². The van der Waals surface area contributed by atoms with Crippen LogP contribution in [0.1, 0.15) is 25.8 Å². The highest BCUT2D eigenvalue weighted by Crippen LogP contribution is 2.35. The van der Waals surface area contributed by atoms with Crippen LogP contribution in [-0.4, -0.2) is 32.6 Å². The summed E-state index contributed by atoms with van der Waals surface area (Å²) in [7, 11) is 0. The van der Waals surface area contributed by atoms with E-state index in [0.29, 0.717) is 11.3 Å². The van der Waals surface area contributed by atoms with E-state index in [9.17, 15) is 14.4 Å². The van der Waals surface area contributed by atoms with Gasteiger partial charge < -0.3 is 9.88 Å². The fourth-order valence-corrected chi connectivity index (χ4v) is 4.50. The predicted octanol–water partition coefficient (Wildman–Crippen LogP) is 5.11. The number of aromatic nitrogens is 1. The molecule has 0 unspecified atom stereocenters. The smallest absolute Gasteiger partial charge is 0.293 e. The lowest BCUT2D eigenvalue weighted by Crippen LogP contribution is -2.36. The molecule has 3 aromatic rings. The maximum absolute atomic E-state index is 12.8. The molecule has 4 rings (SSSR count). The summed E-state index contributed by atoms with van der Waals surface area (Å²) in [5.41, 5.74) is 2.43. The minimum Gasteiger partial charge on any atom is -0.337 e. The average Bonchev–Trinajstić information content (AvgIpc) is 3.25. The molecule has 7 heteroatoms. The standard InChI is InChI=1S/C24H23N3O3S/c1-3-16(2)27-23(29)21(31-24(27)30)13-17-14-26(20-12-8-7-11-19(17)20)15-22(28)25-18-9-5-4-6-10-18/h4-14,16H,3,15H2,1-2H3,(H,25,28)/b21-13-/t16-/m1/s1. The summed E-state index contributed by atoms with van der Waals surface area (Å²) < 4.78 is 1.86. The van der Waals surface area contributed by atoms with Crippen LogP contribution in [0, 0.1) is 0 Å². The van der Waals surface area contributed by atoms with Crippen molar-refractivity contribution in [2.75, 3.05) is 5.32 Å². The van der Waals surface area contributed by atoms with Crippen molar-refractivity contribution in [3.63, 3.8) is 0 Å². The van der Waals surface area contributed by atoms with E-state index in [1.54, 1.807) is 6.08 Å². The number of nitrogens with one attached hydrogen (secondary N) is 1. The molecule has 0 bridgehead atoms. The number of thioether (sulfide) groups is 1. The van der Waals surface area contributed by atoms with Crippen LogP contribution in [0.15, 0.2) is 65.7 Å². The number of fused-ring (bicyclic) bond motifs is 1. The molecule has 6 nitrogen and oxygen atoms in total. The molecule has 1 aliphatic rings. The number of amides is 3. The zero-order valence-corrected chi connectivity index (χ0v) is 18.2. The van der Waals surface area contributed by atoms with Crippen LogP contribution in [0.5, 0.6) is 0 Å². The molecule has 31 heavy (non-hydrogen) atoms. The fraction of sp³-hybridized carbons (Fsp3) is 0.208. The van der Waals surface area contributed by atoms with E-state index in [1.165, 1.54) is 4.90 Å². The quantitative estimate of drug-likeness (QED) is 0.548. The highest BCUT2D eigenvalue weighted by atomic mass is 32.2. The molecule has 3 amide bonds. The van der Waals surface area contributed by atoms with Crippen molar-refractivity contribution in [2.45, 2.75) is 32.9 Å². The lowest BCUT2D eigenvalue weighted by molar-refractivity contribution is -0.124. The van der Waals surface area contributed by atoms with Crippen LogP contribution >= 0.6 is 11.8 Å². The van der Waals surface area contributed by atoms with Gasteiger partial charge in [-0.05, 0) is 49.4 Å². The Labute approximate surface area is 184 Å². The number of hydrogen-bond donors (Lipinski definition) is 1. The molecular formula is C24H23N3O3S. The monoisotopic (exact) mass is 433 g/mol. The summed E-state index contributed by atoms with van der Waals surface area (Å²) in [6.07, 6.45) is 4.31. The summed E-state index contributed by atoms with van der Waals surface area (Å²) in [5, 5.41) is 3.57. The molecule has 0 saturated carbocycles. The van der Waals surface area contributed by atoms with Gasteiger partial charge in [-0.1, -0.05) is 43.3 Å². The van der Waals surface area contributed by atoms with Crippen molar-refractivity contribution in [1.82, 2.24) is 9.47 Å². The van der Waals surface area contributed by atoms with E-state index in [2.05, 4.69) is 5.32 Å². The van der Waals surface area contributed by atoms with Crippen molar-refractivity contribution in [3.8, 4) is 0 Å². The number of benzene rings is 2. The van der Waals surface area contributed by atoms with Gasteiger partial charge in [0.25, 0.3) is 11.1 Å². The van der Waals surface area contributed by atoms with E-state index >= 15 is 0 Å². The second-order valence-electron chi connectivity index (χ2n) is 7.45. The first-order valence-corrected chi connectivity index (χ1v) is 11.0. The maximum atomic E-state index is 12.8. The van der Waals surface area contributed by atoms with E-state index in [1.807, 2.05) is 79.2 Å². The van der Waals surface area contributed by atoms with Gasteiger partial charge in [0.1, 0.15) is 6.54 Å². The molecule has 2 aromatic carbocycles. The second-order valence-corrected chi connectivity index (χ2v) is 8.45. The summed E-state index contributed by atoms with van der Waals surface area (Å²) in [6.45, 7) is 3.96. The van der Waals surface area contributed by atoms with Crippen LogP contribution < -0.4 is 5.32 Å². The van der Waals surface area contributed by atoms with Crippen LogP contribution in [0.3, 0.4) is 0 Å². The lowest BCUT2D eigenvalue weighted by atomic mass is 10.1. The lowest BCUT2D eigenvalue weighted by Gasteiger charge is -2.19. The maximum Gasteiger partial charge on any atom is 0.293 e. The first kappa shape index (κ1) is 20.9. The zero-order valence-electron chi connectivity index (χ0n) is 17.4. The van der Waals surface area contributed by atoms with Gasteiger partial charge in [-0.25, -0.2) is 0 Å². The van der Waals surface area contributed by atoms with Crippen LogP contribution in [0.25, 0.3) is 17.0 Å². The Morgan fingerprint density at radius 2 is 1.81 bits per heavy atom. The molecule has 1 aromatic heterocycles. The first-order valence-electron chi connectivity index (χ1n) is 10.2. The highest BCUT2D eigenvalue weighted by Gasteiger charge is 2.37. The molecule has 1 N–H and O–H groups in total. The Kier molecular flexibility index (Phi) is 5.95. The van der Waals surface area contributed by atoms with Gasteiger partial charge in [-0.2, -0.15) is 0 Å². The Bertz CT molecular complexity index is 1180. The van der Waals surface area contributed by atoms with Gasteiger partial charge >= 0.3 is 0 Å². The van der Waals surface area contributed by atoms with Gasteiger partial charge in [0.2, 0.25) is 5.91 Å². The van der Waals surface area contributed by atoms with Crippen molar-refractivity contribution in [2.24, 2.45) is 0 Å². The third kappa shape index (κ3) is 4.27. The number of hydrogen-bond acceptors (Lipinski definition) is 4. The van der Waals surface area contributed by atoms with Gasteiger partial charge in [0, 0.05) is 34.4 Å². The van der Waals surface area contributed by atoms with Crippen molar-refractivity contribution >= 4 is 51.5 Å². The number of carbonyl (C=O) groups excluding carboxylic acids is 3. The number of anilines is 1. The van der Waals surface area contributed by atoms with Gasteiger partial charge in [0.05, 0.1) is 4.91 Å². The fourth-order valence-electron chi connectivity index (χ4n) is 3.58. The Morgan fingerprint density at radius 3 is 2.55 bits per heavy atom. The second kappa shape index (κ2) is 8.81. The zero-order chi connectivity index (χ0) is 22.0. The summed E-state index contributed by atoms with van der Waals surface area (Å²) in [4.78, 5) is 39.4. The Hall–Kier alpha value is -3.32. The highest BCUT2D eigenvalue weighted by molar-refractivity contribution is 8.18. The van der Waals surface area contributed by atoms with Crippen LogP contribution in [-0.2, 0) is 16.1 Å². The molecule has 1 aliphatic heterocycles. The molecule has 1 fully saturated rings. The van der Waals surface area contributed by atoms with Gasteiger partial charge in [0.15, 0.2) is 0 Å². The van der Waals surface area contributed by atoms with E-state index in [4.69, 9.17) is 0 Å². The number of rotatable bonds is 6. The largest absolute Gasteiger partial charge is 0.337 e. The van der Waals surface area contributed by atoms with Crippen molar-refractivity contribution in [3.05, 3.63) is 71.3 Å². The van der Waals surface area contributed by atoms with Crippen molar-refractivity contribution < 1.29 is 14.4 Å².